The molecule has 0 bridgehead atoms. The quantitative estimate of drug-likeness (QED) is 0.619. The van der Waals surface area contributed by atoms with Gasteiger partial charge in [0.2, 0.25) is 0 Å². The summed E-state index contributed by atoms with van der Waals surface area (Å²) in [7, 11) is 2.15. The first kappa shape index (κ1) is 13.4. The van der Waals surface area contributed by atoms with Crippen molar-refractivity contribution in [3.63, 3.8) is 0 Å². The molecule has 2 aliphatic rings. The van der Waals surface area contributed by atoms with Crippen molar-refractivity contribution in [2.75, 3.05) is 46.3 Å². The molecule has 0 radical (unpaired) electrons. The topological polar surface area (TPSA) is 54.4 Å². The molecule has 0 aromatic rings. The number of allylic oxidation sites excluding steroid dienone is 1. The lowest BCUT2D eigenvalue weighted by molar-refractivity contribution is 0.192. The van der Waals surface area contributed by atoms with E-state index >= 15 is 0 Å². The Labute approximate surface area is 110 Å². The van der Waals surface area contributed by atoms with Crippen molar-refractivity contribution in [3.8, 4) is 0 Å². The highest BCUT2D eigenvalue weighted by Gasteiger charge is 2.16. The van der Waals surface area contributed by atoms with Crippen molar-refractivity contribution in [3.05, 3.63) is 11.9 Å². The van der Waals surface area contributed by atoms with Gasteiger partial charge in [-0.1, -0.05) is 0 Å². The Hall–Kier alpha value is -1.07. The fourth-order valence-corrected chi connectivity index (χ4v) is 2.48. The van der Waals surface area contributed by atoms with Crippen LogP contribution in [0.4, 0.5) is 0 Å². The molecule has 0 aromatic carbocycles. The molecule has 2 rings (SSSR count). The van der Waals surface area contributed by atoms with Gasteiger partial charge in [-0.2, -0.15) is 0 Å². The van der Waals surface area contributed by atoms with Crippen LogP contribution in [-0.2, 0) is 0 Å². The maximum atomic E-state index is 7.56. The summed E-state index contributed by atoms with van der Waals surface area (Å²) in [5.41, 5.74) is 1.02. The van der Waals surface area contributed by atoms with E-state index in [1.165, 1.54) is 19.1 Å². The molecule has 102 valence electrons. The summed E-state index contributed by atoms with van der Waals surface area (Å²) < 4.78 is 0. The summed E-state index contributed by atoms with van der Waals surface area (Å²) in [6.45, 7) is 6.40. The number of likely N-dealkylation sites (N-methyl/N-ethyl adjacent to an activating group) is 1. The van der Waals surface area contributed by atoms with Crippen LogP contribution in [0.25, 0.3) is 0 Å². The van der Waals surface area contributed by atoms with Crippen LogP contribution < -0.4 is 10.6 Å². The zero-order chi connectivity index (χ0) is 12.8. The highest BCUT2D eigenvalue weighted by atomic mass is 15.3. The Morgan fingerprint density at radius 3 is 2.50 bits per heavy atom. The third-order valence-electron chi connectivity index (χ3n) is 3.82. The van der Waals surface area contributed by atoms with E-state index < -0.39 is 0 Å². The van der Waals surface area contributed by atoms with E-state index in [2.05, 4.69) is 27.5 Å². The molecule has 2 fully saturated rings. The van der Waals surface area contributed by atoms with Crippen LogP contribution in [-0.4, -0.2) is 68.4 Å². The molecule has 2 heterocycles. The van der Waals surface area contributed by atoms with Crippen molar-refractivity contribution < 1.29 is 0 Å². The van der Waals surface area contributed by atoms with Crippen molar-refractivity contribution in [2.24, 2.45) is 0 Å². The first-order chi connectivity index (χ1) is 8.79. The lowest BCUT2D eigenvalue weighted by atomic mass is 10.1. The summed E-state index contributed by atoms with van der Waals surface area (Å²) >= 11 is 0. The Bertz CT molecular complexity index is 288. The van der Waals surface area contributed by atoms with Crippen LogP contribution in [0.1, 0.15) is 12.8 Å². The summed E-state index contributed by atoms with van der Waals surface area (Å²) in [4.78, 5) is 4.62. The maximum Gasteiger partial charge on any atom is 0.0705 e. The van der Waals surface area contributed by atoms with Crippen LogP contribution in [0.3, 0.4) is 0 Å². The van der Waals surface area contributed by atoms with Gasteiger partial charge in [0.15, 0.2) is 0 Å². The van der Waals surface area contributed by atoms with Crippen LogP contribution in [0.5, 0.6) is 0 Å². The van der Waals surface area contributed by atoms with Gasteiger partial charge in [0, 0.05) is 44.6 Å². The summed E-state index contributed by atoms with van der Waals surface area (Å²) in [6, 6.07) is 0.564. The summed E-state index contributed by atoms with van der Waals surface area (Å²) in [5, 5.41) is 14.4. The fourth-order valence-electron chi connectivity index (χ4n) is 2.48. The maximum absolute atomic E-state index is 7.56. The highest BCUT2D eigenvalue weighted by molar-refractivity contribution is 5.74. The number of piperidine rings is 1. The zero-order valence-corrected chi connectivity index (χ0v) is 11.3. The van der Waals surface area contributed by atoms with E-state index in [9.17, 15) is 0 Å². The zero-order valence-electron chi connectivity index (χ0n) is 11.3. The average Bonchev–Trinajstić information content (AvgIpc) is 2.42. The molecule has 3 N–H and O–H groups in total. The van der Waals surface area contributed by atoms with Crippen molar-refractivity contribution >= 4 is 6.21 Å². The molecule has 0 unspecified atom stereocenters. The van der Waals surface area contributed by atoms with Crippen LogP contribution in [0.15, 0.2) is 11.9 Å². The number of piperazine rings is 1. The van der Waals surface area contributed by atoms with Crippen LogP contribution in [0, 0.1) is 5.41 Å². The lowest BCUT2D eigenvalue weighted by Gasteiger charge is -2.34. The number of rotatable bonds is 4. The number of hydrogen-bond acceptors (Lipinski definition) is 5. The highest BCUT2D eigenvalue weighted by Crippen LogP contribution is 2.07. The Morgan fingerprint density at radius 1 is 1.22 bits per heavy atom. The van der Waals surface area contributed by atoms with Crippen LogP contribution in [0.2, 0.25) is 0 Å². The first-order valence-electron chi connectivity index (χ1n) is 6.90. The van der Waals surface area contributed by atoms with Gasteiger partial charge < -0.3 is 25.8 Å². The molecular formula is C13H25N5. The third-order valence-corrected chi connectivity index (χ3v) is 3.82. The molecule has 2 aliphatic heterocycles. The molecule has 18 heavy (non-hydrogen) atoms. The van der Waals surface area contributed by atoms with E-state index in [1.54, 1.807) is 0 Å². The Balaban J connectivity index is 1.84. The Morgan fingerprint density at radius 2 is 1.89 bits per heavy atom. The lowest BCUT2D eigenvalue weighted by Crippen LogP contribution is -2.45. The van der Waals surface area contributed by atoms with Gasteiger partial charge in [-0.3, -0.25) is 0 Å². The SMILES string of the molecule is CN1CCN(/C(C=N)=C/NC2CCNCC2)CC1. The van der Waals surface area contributed by atoms with Gasteiger partial charge in [0.1, 0.15) is 0 Å². The second kappa shape index (κ2) is 6.75. The standard InChI is InChI=1S/C13H25N5/c1-17-6-8-18(9-7-17)13(10-14)11-16-12-2-4-15-5-3-12/h10-12,14-16H,2-9H2,1H3/b13-11+,14-10?. The van der Waals surface area contributed by atoms with Gasteiger partial charge >= 0.3 is 0 Å². The van der Waals surface area contributed by atoms with Crippen molar-refractivity contribution in [1.82, 2.24) is 20.4 Å². The predicted molar refractivity (Wildman–Crippen MR) is 75.0 cm³/mol. The molecular weight excluding hydrogens is 226 g/mol. The van der Waals surface area contributed by atoms with Gasteiger partial charge in [-0.25, -0.2) is 0 Å². The van der Waals surface area contributed by atoms with E-state index in [0.717, 1.165) is 45.0 Å². The molecule has 0 amide bonds. The van der Waals surface area contributed by atoms with Gasteiger partial charge in [-0.15, -0.1) is 0 Å². The first-order valence-corrected chi connectivity index (χ1v) is 6.90. The molecule has 0 aliphatic carbocycles. The summed E-state index contributed by atoms with van der Waals surface area (Å²) in [5.74, 6) is 0. The predicted octanol–water partition coefficient (Wildman–Crippen LogP) is 0.0664. The Kier molecular flexibility index (Phi) is 5.01. The second-order valence-corrected chi connectivity index (χ2v) is 5.19. The van der Waals surface area contributed by atoms with E-state index in [0.29, 0.717) is 6.04 Å². The molecule has 0 aromatic heterocycles. The molecule has 5 nitrogen and oxygen atoms in total. The van der Waals surface area contributed by atoms with Gasteiger partial charge in [0.25, 0.3) is 0 Å². The molecule has 2 saturated heterocycles. The minimum absolute atomic E-state index is 0.564. The monoisotopic (exact) mass is 251 g/mol. The molecule has 0 spiro atoms. The van der Waals surface area contributed by atoms with Crippen molar-refractivity contribution in [1.29, 1.82) is 5.41 Å². The number of nitrogens with zero attached hydrogens (tertiary/aromatic N) is 2. The largest absolute Gasteiger partial charge is 0.386 e. The minimum atomic E-state index is 0.564. The summed E-state index contributed by atoms with van der Waals surface area (Å²) in [6.07, 6.45) is 5.85. The van der Waals surface area contributed by atoms with Crippen molar-refractivity contribution in [2.45, 2.75) is 18.9 Å². The molecule has 0 saturated carbocycles. The number of nitrogens with one attached hydrogen (secondary N) is 3. The third kappa shape index (κ3) is 3.71. The number of hydrogen-bond donors (Lipinski definition) is 3. The van der Waals surface area contributed by atoms with Crippen LogP contribution >= 0.6 is 0 Å². The van der Waals surface area contributed by atoms with E-state index in [-0.39, 0.29) is 0 Å². The molecule has 5 heteroatoms. The smallest absolute Gasteiger partial charge is 0.0705 e. The van der Waals surface area contributed by atoms with Gasteiger partial charge in [-0.05, 0) is 33.0 Å². The normalized spacial score (nSPS) is 24.1. The average molecular weight is 251 g/mol. The van der Waals surface area contributed by atoms with E-state index in [1.807, 2.05) is 6.20 Å². The second-order valence-electron chi connectivity index (χ2n) is 5.19. The fraction of sp³-hybridized carbons (Fsp3) is 0.769. The molecule has 0 atom stereocenters. The minimum Gasteiger partial charge on any atom is -0.386 e. The van der Waals surface area contributed by atoms with Gasteiger partial charge in [0.05, 0.1) is 5.70 Å². The van der Waals surface area contributed by atoms with E-state index in [4.69, 9.17) is 5.41 Å².